The minimum Gasteiger partial charge on any atom is -0.299 e. The number of Topliss-reactive ketones (excluding diaryl/α,β-unsaturated/α-hetero) is 1. The molecule has 0 spiro atoms. The van der Waals surface area contributed by atoms with Crippen LogP contribution >= 0.6 is 11.8 Å². The van der Waals surface area contributed by atoms with Gasteiger partial charge in [0.25, 0.3) is 0 Å². The summed E-state index contributed by atoms with van der Waals surface area (Å²) in [5.41, 5.74) is 1.46. The van der Waals surface area contributed by atoms with Crippen molar-refractivity contribution in [2.45, 2.75) is 33.6 Å². The van der Waals surface area contributed by atoms with Crippen molar-refractivity contribution in [2.75, 3.05) is 11.5 Å². The maximum absolute atomic E-state index is 10.6. The number of allylic oxidation sites excluding steroid dienone is 1. The van der Waals surface area contributed by atoms with Gasteiger partial charge in [0.05, 0.1) is 5.75 Å². The molecule has 0 aromatic rings. The molecule has 0 aliphatic carbocycles. The summed E-state index contributed by atoms with van der Waals surface area (Å²) in [5, 5.41) is 0. The highest BCUT2D eigenvalue weighted by Gasteiger charge is 1.96. The zero-order valence-electron chi connectivity index (χ0n) is 8.22. The Labute approximate surface area is 79.6 Å². The fraction of sp³-hybridized carbons (Fsp3) is 0.700. The zero-order valence-corrected chi connectivity index (χ0v) is 9.04. The normalized spacial score (nSPS) is 11.8. The van der Waals surface area contributed by atoms with E-state index in [1.807, 2.05) is 0 Å². The molecule has 0 heterocycles. The van der Waals surface area contributed by atoms with Crippen LogP contribution in [0.15, 0.2) is 11.6 Å². The van der Waals surface area contributed by atoms with Gasteiger partial charge in [-0.15, -0.1) is 11.8 Å². The molecule has 0 amide bonds. The fourth-order valence-electron chi connectivity index (χ4n) is 0.920. The second-order valence-corrected chi connectivity index (χ2v) is 3.80. The van der Waals surface area contributed by atoms with Gasteiger partial charge < -0.3 is 0 Å². The molecule has 0 saturated heterocycles. The molecule has 0 saturated carbocycles. The number of carbonyl (C=O) groups is 1. The number of carbonyl (C=O) groups excluding carboxylic acids is 1. The van der Waals surface area contributed by atoms with Crippen LogP contribution in [0, 0.1) is 0 Å². The lowest BCUT2D eigenvalue weighted by Gasteiger charge is -2.02. The van der Waals surface area contributed by atoms with Gasteiger partial charge in [-0.25, -0.2) is 0 Å². The Hall–Kier alpha value is -0.240. The van der Waals surface area contributed by atoms with E-state index in [9.17, 15) is 4.79 Å². The molecule has 0 aromatic heterocycles. The van der Waals surface area contributed by atoms with Crippen LogP contribution in [0.3, 0.4) is 0 Å². The molecule has 0 fully saturated rings. The quantitative estimate of drug-likeness (QED) is 0.593. The SMILES string of the molecule is CC/C=C(/CC)CSCC(C)=O. The smallest absolute Gasteiger partial charge is 0.139 e. The summed E-state index contributed by atoms with van der Waals surface area (Å²) in [5.74, 6) is 1.94. The van der Waals surface area contributed by atoms with Gasteiger partial charge in [-0.2, -0.15) is 0 Å². The maximum Gasteiger partial charge on any atom is 0.139 e. The summed E-state index contributed by atoms with van der Waals surface area (Å²) in [6.45, 7) is 5.95. The van der Waals surface area contributed by atoms with Gasteiger partial charge in [0.2, 0.25) is 0 Å². The van der Waals surface area contributed by atoms with Crippen LogP contribution < -0.4 is 0 Å². The summed E-state index contributed by atoms with van der Waals surface area (Å²) >= 11 is 1.72. The second-order valence-electron chi connectivity index (χ2n) is 2.82. The molecule has 0 aliphatic heterocycles. The predicted octanol–water partition coefficient (Wildman–Crippen LogP) is 3.06. The first-order valence-corrected chi connectivity index (χ1v) is 5.61. The Kier molecular flexibility index (Phi) is 7.26. The molecule has 0 aromatic carbocycles. The van der Waals surface area contributed by atoms with Gasteiger partial charge in [-0.1, -0.05) is 25.5 Å². The van der Waals surface area contributed by atoms with E-state index >= 15 is 0 Å². The molecule has 0 bridgehead atoms. The van der Waals surface area contributed by atoms with E-state index in [4.69, 9.17) is 0 Å². The highest BCUT2D eigenvalue weighted by molar-refractivity contribution is 8.00. The number of rotatable bonds is 6. The minimum atomic E-state index is 0.270. The molecule has 12 heavy (non-hydrogen) atoms. The van der Waals surface area contributed by atoms with Crippen molar-refractivity contribution >= 4 is 17.5 Å². The van der Waals surface area contributed by atoms with E-state index in [0.717, 1.165) is 18.6 Å². The highest BCUT2D eigenvalue weighted by atomic mass is 32.2. The van der Waals surface area contributed by atoms with E-state index in [-0.39, 0.29) is 5.78 Å². The monoisotopic (exact) mass is 186 g/mol. The van der Waals surface area contributed by atoms with E-state index in [1.54, 1.807) is 18.7 Å². The predicted molar refractivity (Wildman–Crippen MR) is 56.7 cm³/mol. The first-order chi connectivity index (χ1) is 5.70. The summed E-state index contributed by atoms with van der Waals surface area (Å²) in [7, 11) is 0. The van der Waals surface area contributed by atoms with Crippen LogP contribution in [0.2, 0.25) is 0 Å². The summed E-state index contributed by atoms with van der Waals surface area (Å²) in [6.07, 6.45) is 4.47. The third-order valence-electron chi connectivity index (χ3n) is 1.54. The van der Waals surface area contributed by atoms with Gasteiger partial charge in [0.1, 0.15) is 5.78 Å². The van der Waals surface area contributed by atoms with E-state index in [2.05, 4.69) is 19.9 Å². The molecule has 70 valence electrons. The Morgan fingerprint density at radius 3 is 2.42 bits per heavy atom. The average Bonchev–Trinajstić information content (AvgIpc) is 2.02. The minimum absolute atomic E-state index is 0.270. The first kappa shape index (κ1) is 11.8. The van der Waals surface area contributed by atoms with E-state index < -0.39 is 0 Å². The lowest BCUT2D eigenvalue weighted by Crippen LogP contribution is -1.96. The number of thioether (sulfide) groups is 1. The third-order valence-corrected chi connectivity index (χ3v) is 2.73. The Morgan fingerprint density at radius 2 is 2.00 bits per heavy atom. The largest absolute Gasteiger partial charge is 0.299 e. The van der Waals surface area contributed by atoms with Crippen molar-refractivity contribution in [2.24, 2.45) is 0 Å². The van der Waals surface area contributed by atoms with E-state index in [0.29, 0.717) is 5.75 Å². The Balaban J connectivity index is 3.58. The standard InChI is InChI=1S/C10H18OS/c1-4-6-10(5-2)8-12-7-9(3)11/h6H,4-5,7-8H2,1-3H3/b10-6-. The van der Waals surface area contributed by atoms with Crippen molar-refractivity contribution in [1.82, 2.24) is 0 Å². The lowest BCUT2D eigenvalue weighted by molar-refractivity contribution is -0.114. The third kappa shape index (κ3) is 6.47. The molecule has 0 aliphatic rings. The van der Waals surface area contributed by atoms with Crippen LogP contribution in [-0.4, -0.2) is 17.3 Å². The fourth-order valence-corrected chi connectivity index (χ4v) is 1.89. The molecular weight excluding hydrogens is 168 g/mol. The molecular formula is C10H18OS. The second kappa shape index (κ2) is 7.41. The Bertz CT molecular complexity index is 161. The summed E-state index contributed by atoms with van der Waals surface area (Å²) < 4.78 is 0. The van der Waals surface area contributed by atoms with Gasteiger partial charge in [-0.05, 0) is 19.8 Å². The molecule has 0 unspecified atom stereocenters. The molecule has 0 atom stereocenters. The summed E-state index contributed by atoms with van der Waals surface area (Å²) in [4.78, 5) is 10.6. The van der Waals surface area contributed by atoms with Crippen LogP contribution in [0.25, 0.3) is 0 Å². The van der Waals surface area contributed by atoms with Crippen LogP contribution in [-0.2, 0) is 4.79 Å². The van der Waals surface area contributed by atoms with Crippen LogP contribution in [0.5, 0.6) is 0 Å². The van der Waals surface area contributed by atoms with E-state index in [1.165, 1.54) is 5.57 Å². The summed E-state index contributed by atoms with van der Waals surface area (Å²) in [6, 6.07) is 0. The number of ketones is 1. The highest BCUT2D eigenvalue weighted by Crippen LogP contribution is 2.11. The maximum atomic E-state index is 10.6. The van der Waals surface area contributed by atoms with Crippen LogP contribution in [0.4, 0.5) is 0 Å². The average molecular weight is 186 g/mol. The van der Waals surface area contributed by atoms with Crippen LogP contribution in [0.1, 0.15) is 33.6 Å². The molecule has 0 rings (SSSR count). The van der Waals surface area contributed by atoms with Gasteiger partial charge in [-0.3, -0.25) is 4.79 Å². The van der Waals surface area contributed by atoms with Gasteiger partial charge in [0, 0.05) is 5.75 Å². The number of hydrogen-bond donors (Lipinski definition) is 0. The van der Waals surface area contributed by atoms with Crippen molar-refractivity contribution in [3.8, 4) is 0 Å². The number of hydrogen-bond acceptors (Lipinski definition) is 2. The van der Waals surface area contributed by atoms with Crippen molar-refractivity contribution in [3.05, 3.63) is 11.6 Å². The molecule has 0 N–H and O–H groups in total. The molecule has 2 heteroatoms. The Morgan fingerprint density at radius 1 is 1.33 bits per heavy atom. The zero-order chi connectivity index (χ0) is 9.40. The van der Waals surface area contributed by atoms with Gasteiger partial charge in [0.15, 0.2) is 0 Å². The first-order valence-electron chi connectivity index (χ1n) is 4.45. The van der Waals surface area contributed by atoms with Crippen molar-refractivity contribution in [1.29, 1.82) is 0 Å². The topological polar surface area (TPSA) is 17.1 Å². The lowest BCUT2D eigenvalue weighted by atomic mass is 10.2. The van der Waals surface area contributed by atoms with Crippen molar-refractivity contribution < 1.29 is 4.79 Å². The molecule has 1 nitrogen and oxygen atoms in total. The van der Waals surface area contributed by atoms with Gasteiger partial charge >= 0.3 is 0 Å². The molecule has 0 radical (unpaired) electrons. The van der Waals surface area contributed by atoms with Crippen molar-refractivity contribution in [3.63, 3.8) is 0 Å².